The second-order valence-electron chi connectivity index (χ2n) is 4.34. The molecule has 2 unspecified atom stereocenters. The molecule has 0 aromatic heterocycles. The molecular formula is C12H12Cl2N2O5. The number of non-ortho nitro benzene ring substituents is 1. The topological polar surface area (TPSA) is 90.7 Å². The molecule has 1 heterocycles. The average molecular weight is 335 g/mol. The molecule has 0 spiro atoms. The van der Waals surface area contributed by atoms with Crippen molar-refractivity contribution in [1.29, 1.82) is 0 Å². The Kier molecular flexibility index (Phi) is 5.35. The van der Waals surface area contributed by atoms with Gasteiger partial charge in [0.25, 0.3) is 11.6 Å². The fraction of sp³-hybridized carbons (Fsp3) is 0.417. The van der Waals surface area contributed by atoms with E-state index in [0.29, 0.717) is 5.56 Å². The minimum Gasteiger partial charge on any atom is -0.353 e. The molecule has 2 atom stereocenters. The van der Waals surface area contributed by atoms with Gasteiger partial charge in [0.1, 0.15) is 12.9 Å². The number of nitrogens with zero attached hydrogens (tertiary/aromatic N) is 1. The van der Waals surface area contributed by atoms with Crippen molar-refractivity contribution in [3.8, 4) is 0 Å². The van der Waals surface area contributed by atoms with Gasteiger partial charge in [0.2, 0.25) is 0 Å². The van der Waals surface area contributed by atoms with Gasteiger partial charge in [0.15, 0.2) is 4.84 Å². The number of benzene rings is 1. The third-order valence-corrected chi connectivity index (χ3v) is 3.35. The maximum Gasteiger partial charge on any atom is 0.269 e. The number of halogens is 2. The molecule has 7 nitrogen and oxygen atoms in total. The lowest BCUT2D eigenvalue weighted by Gasteiger charge is -2.32. The van der Waals surface area contributed by atoms with Gasteiger partial charge in [0, 0.05) is 12.1 Å². The van der Waals surface area contributed by atoms with Crippen LogP contribution in [0.15, 0.2) is 24.3 Å². The molecule has 1 aliphatic heterocycles. The smallest absolute Gasteiger partial charge is 0.269 e. The minimum absolute atomic E-state index is 0.0204. The zero-order valence-corrected chi connectivity index (χ0v) is 12.2. The lowest BCUT2D eigenvalue weighted by molar-refractivity contribution is -0.384. The molecule has 1 aromatic rings. The lowest BCUT2D eigenvalue weighted by atomic mass is 10.0. The van der Waals surface area contributed by atoms with E-state index in [-0.39, 0.29) is 19.1 Å². The number of carbonyl (C=O) groups excluding carboxylic acids is 1. The fourth-order valence-corrected chi connectivity index (χ4v) is 2.10. The van der Waals surface area contributed by atoms with E-state index in [0.717, 1.165) is 0 Å². The molecule has 1 aromatic carbocycles. The number of hydrogen-bond acceptors (Lipinski definition) is 5. The summed E-state index contributed by atoms with van der Waals surface area (Å²) in [6, 6.07) is 5.42. The van der Waals surface area contributed by atoms with Crippen LogP contribution in [0.1, 0.15) is 11.7 Å². The van der Waals surface area contributed by atoms with Gasteiger partial charge in [-0.1, -0.05) is 23.2 Å². The van der Waals surface area contributed by atoms with E-state index in [2.05, 4.69) is 5.32 Å². The zero-order chi connectivity index (χ0) is 15.4. The molecule has 114 valence electrons. The predicted octanol–water partition coefficient (Wildman–Crippen LogP) is 1.93. The molecule has 0 saturated carbocycles. The number of alkyl halides is 2. The molecule has 21 heavy (non-hydrogen) atoms. The Morgan fingerprint density at radius 1 is 1.38 bits per heavy atom. The third-order valence-electron chi connectivity index (χ3n) is 2.95. The largest absolute Gasteiger partial charge is 0.353 e. The highest BCUT2D eigenvalue weighted by Gasteiger charge is 2.31. The van der Waals surface area contributed by atoms with E-state index in [1.54, 1.807) is 12.1 Å². The molecule has 1 saturated heterocycles. The summed E-state index contributed by atoms with van der Waals surface area (Å²) in [5.41, 5.74) is 0.669. The number of amides is 1. The van der Waals surface area contributed by atoms with Crippen molar-refractivity contribution in [1.82, 2.24) is 5.32 Å². The van der Waals surface area contributed by atoms with Crippen molar-refractivity contribution >= 4 is 34.8 Å². The first-order chi connectivity index (χ1) is 9.99. The second kappa shape index (κ2) is 7.04. The Hall–Kier alpha value is -1.41. The summed E-state index contributed by atoms with van der Waals surface area (Å²) in [5.74, 6) is -0.552. The summed E-state index contributed by atoms with van der Waals surface area (Å²) in [5, 5.41) is 13.3. The van der Waals surface area contributed by atoms with Gasteiger partial charge < -0.3 is 14.8 Å². The molecule has 1 amide bonds. The first-order valence-electron chi connectivity index (χ1n) is 6.01. The molecule has 1 aliphatic rings. The molecule has 0 aliphatic carbocycles. The van der Waals surface area contributed by atoms with Gasteiger partial charge in [-0.05, 0) is 17.7 Å². The number of nitrogens with one attached hydrogen (secondary N) is 1. The Balaban J connectivity index is 2.14. The number of rotatable bonds is 4. The Bertz CT molecular complexity index is 523. The van der Waals surface area contributed by atoms with Crippen LogP contribution in [-0.2, 0) is 14.3 Å². The SMILES string of the molecule is O=C(NC1COCOC1c1ccc([N+](=O)[O-])cc1)C(Cl)Cl. The first-order valence-corrected chi connectivity index (χ1v) is 6.88. The van der Waals surface area contributed by atoms with Crippen molar-refractivity contribution in [2.75, 3.05) is 13.4 Å². The van der Waals surface area contributed by atoms with E-state index < -0.39 is 27.8 Å². The van der Waals surface area contributed by atoms with Gasteiger partial charge in [-0.15, -0.1) is 0 Å². The molecule has 2 rings (SSSR count). The molecule has 9 heteroatoms. The van der Waals surface area contributed by atoms with Gasteiger partial charge in [0.05, 0.1) is 17.6 Å². The summed E-state index contributed by atoms with van der Waals surface area (Å²) >= 11 is 11.0. The lowest BCUT2D eigenvalue weighted by Crippen LogP contribution is -2.47. The van der Waals surface area contributed by atoms with Gasteiger partial charge >= 0.3 is 0 Å². The highest BCUT2D eigenvalue weighted by Crippen LogP contribution is 2.27. The summed E-state index contributed by atoms with van der Waals surface area (Å²) in [4.78, 5) is 20.5. The third kappa shape index (κ3) is 4.04. The van der Waals surface area contributed by atoms with Gasteiger partial charge in [-0.2, -0.15) is 0 Å². The van der Waals surface area contributed by atoms with Crippen molar-refractivity contribution < 1.29 is 19.2 Å². The van der Waals surface area contributed by atoms with Crippen LogP contribution in [-0.4, -0.2) is 35.1 Å². The molecular weight excluding hydrogens is 323 g/mol. The van der Waals surface area contributed by atoms with Gasteiger partial charge in [-0.25, -0.2) is 0 Å². The number of nitro groups is 1. The second-order valence-corrected chi connectivity index (χ2v) is 5.44. The van der Waals surface area contributed by atoms with Crippen LogP contribution < -0.4 is 5.32 Å². The number of nitro benzene ring substituents is 1. The summed E-state index contributed by atoms with van der Waals surface area (Å²) in [7, 11) is 0. The Morgan fingerprint density at radius 2 is 2.05 bits per heavy atom. The maximum atomic E-state index is 11.6. The van der Waals surface area contributed by atoms with E-state index in [1.807, 2.05) is 0 Å². The molecule has 0 bridgehead atoms. The highest BCUT2D eigenvalue weighted by molar-refractivity contribution is 6.53. The van der Waals surface area contributed by atoms with E-state index >= 15 is 0 Å². The van der Waals surface area contributed by atoms with Crippen LogP contribution >= 0.6 is 23.2 Å². The average Bonchev–Trinajstić information content (AvgIpc) is 2.47. The molecule has 1 fully saturated rings. The zero-order valence-electron chi connectivity index (χ0n) is 10.7. The predicted molar refractivity (Wildman–Crippen MR) is 75.2 cm³/mol. The Morgan fingerprint density at radius 3 is 2.62 bits per heavy atom. The van der Waals surface area contributed by atoms with Crippen molar-refractivity contribution in [3.05, 3.63) is 39.9 Å². The summed E-state index contributed by atoms with van der Waals surface area (Å²) in [6.45, 7) is 0.299. The van der Waals surface area contributed by atoms with Crippen LogP contribution in [0.3, 0.4) is 0 Å². The van der Waals surface area contributed by atoms with Crippen LogP contribution in [0.25, 0.3) is 0 Å². The van der Waals surface area contributed by atoms with Crippen molar-refractivity contribution in [3.63, 3.8) is 0 Å². The number of carbonyl (C=O) groups is 1. The Labute approximate surface area is 130 Å². The normalized spacial score (nSPS) is 22.0. The van der Waals surface area contributed by atoms with E-state index in [9.17, 15) is 14.9 Å². The van der Waals surface area contributed by atoms with E-state index in [1.165, 1.54) is 12.1 Å². The minimum atomic E-state index is -1.19. The van der Waals surface area contributed by atoms with E-state index in [4.69, 9.17) is 32.7 Å². The summed E-state index contributed by atoms with van der Waals surface area (Å²) < 4.78 is 10.6. The molecule has 0 radical (unpaired) electrons. The maximum absolute atomic E-state index is 11.6. The quantitative estimate of drug-likeness (QED) is 0.516. The van der Waals surface area contributed by atoms with Gasteiger partial charge in [-0.3, -0.25) is 14.9 Å². The van der Waals surface area contributed by atoms with Crippen LogP contribution in [0.5, 0.6) is 0 Å². The van der Waals surface area contributed by atoms with Crippen molar-refractivity contribution in [2.45, 2.75) is 17.0 Å². The highest BCUT2D eigenvalue weighted by atomic mass is 35.5. The molecule has 1 N–H and O–H groups in total. The summed E-state index contributed by atoms with van der Waals surface area (Å²) in [6.07, 6.45) is -0.490. The van der Waals surface area contributed by atoms with Crippen LogP contribution in [0.2, 0.25) is 0 Å². The monoisotopic (exact) mass is 334 g/mol. The fourth-order valence-electron chi connectivity index (χ4n) is 1.98. The van der Waals surface area contributed by atoms with Crippen LogP contribution in [0, 0.1) is 10.1 Å². The standard InChI is InChI=1S/C12H12Cl2N2O5/c13-11(14)12(17)15-9-5-20-6-21-10(9)7-1-3-8(4-2-7)16(18)19/h1-4,9-11H,5-6H2,(H,15,17). The first kappa shape index (κ1) is 16.0. The number of ether oxygens (including phenoxy) is 2. The van der Waals surface area contributed by atoms with Crippen LogP contribution in [0.4, 0.5) is 5.69 Å². The number of hydrogen-bond donors (Lipinski definition) is 1. The van der Waals surface area contributed by atoms with Crippen molar-refractivity contribution in [2.24, 2.45) is 0 Å².